The summed E-state index contributed by atoms with van der Waals surface area (Å²) in [6.07, 6.45) is 4.69. The molecule has 0 radical (unpaired) electrons. The number of carbonyl (C=O) groups is 4. The van der Waals surface area contributed by atoms with Crippen molar-refractivity contribution in [3.05, 3.63) is 42.0 Å². The van der Waals surface area contributed by atoms with Crippen molar-refractivity contribution in [1.29, 1.82) is 5.26 Å². The third-order valence-corrected chi connectivity index (χ3v) is 4.94. The van der Waals surface area contributed by atoms with E-state index in [1.807, 2.05) is 18.2 Å². The van der Waals surface area contributed by atoms with Crippen LogP contribution in [0.2, 0.25) is 0 Å². The second-order valence-corrected chi connectivity index (χ2v) is 6.69. The number of hydrogen-bond donors (Lipinski definition) is 1. The van der Waals surface area contributed by atoms with E-state index in [9.17, 15) is 19.2 Å². The SMILES string of the molecule is C[C@@H](C(=O)OCC(=O)Nc1ccccc1C#N)N1C(=O)[C@H]2CC=CC[C@H]2C1=O. The number of nitrogens with zero attached hydrogens (tertiary/aromatic N) is 2. The van der Waals surface area contributed by atoms with Gasteiger partial charge in [-0.25, -0.2) is 4.79 Å². The van der Waals surface area contributed by atoms with Gasteiger partial charge in [0, 0.05) is 0 Å². The summed E-state index contributed by atoms with van der Waals surface area (Å²) in [5.41, 5.74) is 0.584. The summed E-state index contributed by atoms with van der Waals surface area (Å²) >= 11 is 0. The molecule has 2 aliphatic rings. The lowest BCUT2D eigenvalue weighted by Gasteiger charge is -2.21. The molecule has 28 heavy (non-hydrogen) atoms. The van der Waals surface area contributed by atoms with Gasteiger partial charge in [-0.2, -0.15) is 5.26 Å². The highest BCUT2D eigenvalue weighted by atomic mass is 16.5. The molecule has 3 atom stereocenters. The van der Waals surface area contributed by atoms with Crippen molar-refractivity contribution in [3.8, 4) is 6.07 Å². The number of esters is 1. The first-order chi connectivity index (χ1) is 13.4. The first kappa shape index (κ1) is 19.3. The number of para-hydroxylation sites is 1. The summed E-state index contributed by atoms with van der Waals surface area (Å²) < 4.78 is 4.98. The predicted octanol–water partition coefficient (Wildman–Crippen LogP) is 1.38. The standard InChI is InChI=1S/C20H19N3O5/c1-12(23-18(25)14-7-3-4-8-15(14)19(23)26)20(27)28-11-17(24)22-16-9-5-2-6-13(16)10-21/h2-6,9,12,14-15H,7-8,11H2,1H3,(H,22,24)/t12-,14-,15+/m0/s1. The van der Waals surface area contributed by atoms with Gasteiger partial charge >= 0.3 is 5.97 Å². The number of anilines is 1. The lowest BCUT2D eigenvalue weighted by Crippen LogP contribution is -2.45. The fourth-order valence-electron chi connectivity index (χ4n) is 3.45. The summed E-state index contributed by atoms with van der Waals surface area (Å²) in [6, 6.07) is 7.25. The second kappa shape index (κ2) is 8.05. The Balaban J connectivity index is 1.57. The van der Waals surface area contributed by atoms with Crippen molar-refractivity contribution in [1.82, 2.24) is 4.90 Å². The molecule has 0 aromatic heterocycles. The highest BCUT2D eigenvalue weighted by Gasteiger charge is 2.50. The number of nitriles is 1. The normalized spacial score (nSPS) is 21.6. The molecule has 0 unspecified atom stereocenters. The molecule has 8 nitrogen and oxygen atoms in total. The van der Waals surface area contributed by atoms with Gasteiger partial charge in [0.25, 0.3) is 5.91 Å². The lowest BCUT2D eigenvalue weighted by molar-refractivity contribution is -0.159. The quantitative estimate of drug-likeness (QED) is 0.468. The minimum absolute atomic E-state index is 0.278. The van der Waals surface area contributed by atoms with E-state index in [-0.39, 0.29) is 17.4 Å². The molecular weight excluding hydrogens is 362 g/mol. The Morgan fingerprint density at radius 2 is 1.82 bits per heavy atom. The van der Waals surface area contributed by atoms with Gasteiger partial charge in [-0.3, -0.25) is 19.3 Å². The molecule has 8 heteroatoms. The van der Waals surface area contributed by atoms with Gasteiger partial charge in [-0.1, -0.05) is 24.3 Å². The zero-order chi connectivity index (χ0) is 20.3. The third-order valence-electron chi connectivity index (χ3n) is 4.94. The van der Waals surface area contributed by atoms with Gasteiger partial charge < -0.3 is 10.1 Å². The Bertz CT molecular complexity index is 875. The zero-order valence-corrected chi connectivity index (χ0v) is 15.3. The molecule has 0 bridgehead atoms. The number of allylic oxidation sites excluding steroid dienone is 2. The lowest BCUT2D eigenvalue weighted by atomic mass is 9.85. The van der Waals surface area contributed by atoms with Crippen molar-refractivity contribution in [2.24, 2.45) is 11.8 Å². The second-order valence-electron chi connectivity index (χ2n) is 6.69. The minimum Gasteiger partial charge on any atom is -0.454 e. The van der Waals surface area contributed by atoms with Crippen LogP contribution in [0.25, 0.3) is 0 Å². The van der Waals surface area contributed by atoms with Crippen LogP contribution in [0, 0.1) is 23.2 Å². The van der Waals surface area contributed by atoms with Gasteiger partial charge in [0.15, 0.2) is 6.61 Å². The summed E-state index contributed by atoms with van der Waals surface area (Å²) in [6.45, 7) is 0.819. The van der Waals surface area contributed by atoms with E-state index in [0.717, 1.165) is 4.90 Å². The number of nitrogens with one attached hydrogen (secondary N) is 1. The van der Waals surface area contributed by atoms with Gasteiger partial charge in [0.1, 0.15) is 12.1 Å². The fraction of sp³-hybridized carbons (Fsp3) is 0.350. The topological polar surface area (TPSA) is 117 Å². The molecule has 3 rings (SSSR count). The Kier molecular flexibility index (Phi) is 5.54. The van der Waals surface area contributed by atoms with Crippen molar-refractivity contribution >= 4 is 29.4 Å². The number of fused-ring (bicyclic) bond motifs is 1. The maximum absolute atomic E-state index is 12.5. The molecular formula is C20H19N3O5. The molecule has 0 spiro atoms. The monoisotopic (exact) mass is 381 g/mol. The van der Waals surface area contributed by atoms with Crippen molar-refractivity contribution < 1.29 is 23.9 Å². The van der Waals surface area contributed by atoms with Gasteiger partial charge in [-0.05, 0) is 31.9 Å². The molecule has 0 saturated carbocycles. The summed E-state index contributed by atoms with van der Waals surface area (Å²) in [7, 11) is 0. The van der Waals surface area contributed by atoms with Crippen molar-refractivity contribution in [3.63, 3.8) is 0 Å². The molecule has 1 N–H and O–H groups in total. The highest BCUT2D eigenvalue weighted by Crippen LogP contribution is 2.36. The number of rotatable bonds is 5. The fourth-order valence-corrected chi connectivity index (χ4v) is 3.45. The first-order valence-electron chi connectivity index (χ1n) is 8.91. The Morgan fingerprint density at radius 3 is 2.43 bits per heavy atom. The van der Waals surface area contributed by atoms with E-state index in [1.54, 1.807) is 24.3 Å². The van der Waals surface area contributed by atoms with Gasteiger partial charge in [0.05, 0.1) is 23.1 Å². The van der Waals surface area contributed by atoms with Crippen molar-refractivity contribution in [2.75, 3.05) is 11.9 Å². The van der Waals surface area contributed by atoms with Crippen LogP contribution in [0.3, 0.4) is 0 Å². The molecule has 1 aromatic rings. The first-order valence-corrected chi connectivity index (χ1v) is 8.91. The zero-order valence-electron chi connectivity index (χ0n) is 15.3. The average Bonchev–Trinajstić information content (AvgIpc) is 2.96. The Morgan fingerprint density at radius 1 is 1.21 bits per heavy atom. The Hall–Kier alpha value is -3.47. The van der Waals surface area contributed by atoms with Crippen LogP contribution >= 0.6 is 0 Å². The number of ether oxygens (including phenoxy) is 1. The number of carbonyl (C=O) groups excluding carboxylic acids is 4. The summed E-state index contributed by atoms with van der Waals surface area (Å²) in [4.78, 5) is 50.3. The predicted molar refractivity (Wildman–Crippen MR) is 97.4 cm³/mol. The van der Waals surface area contributed by atoms with E-state index in [2.05, 4.69) is 5.32 Å². The summed E-state index contributed by atoms with van der Waals surface area (Å²) in [5.74, 6) is -3.08. The van der Waals surface area contributed by atoms with Crippen LogP contribution in [-0.4, -0.2) is 41.2 Å². The molecule has 1 aliphatic carbocycles. The van der Waals surface area contributed by atoms with E-state index in [0.29, 0.717) is 18.5 Å². The molecule has 144 valence electrons. The molecule has 1 aliphatic heterocycles. The Labute approximate surface area is 161 Å². The maximum Gasteiger partial charge on any atom is 0.329 e. The maximum atomic E-state index is 12.5. The largest absolute Gasteiger partial charge is 0.454 e. The van der Waals surface area contributed by atoms with E-state index in [4.69, 9.17) is 10.00 Å². The van der Waals surface area contributed by atoms with Crippen LogP contribution in [-0.2, 0) is 23.9 Å². The molecule has 1 heterocycles. The van der Waals surface area contributed by atoms with E-state index < -0.39 is 36.4 Å². The molecule has 1 aromatic carbocycles. The van der Waals surface area contributed by atoms with Gasteiger partial charge in [0.2, 0.25) is 11.8 Å². The molecule has 1 fully saturated rings. The number of likely N-dealkylation sites (tertiary alicyclic amines) is 1. The third kappa shape index (κ3) is 3.64. The number of amides is 3. The van der Waals surface area contributed by atoms with Crippen LogP contribution < -0.4 is 5.32 Å². The van der Waals surface area contributed by atoms with Crippen LogP contribution in [0.4, 0.5) is 5.69 Å². The smallest absolute Gasteiger partial charge is 0.329 e. The molecule has 3 amide bonds. The van der Waals surface area contributed by atoms with Crippen LogP contribution in [0.5, 0.6) is 0 Å². The van der Waals surface area contributed by atoms with Crippen molar-refractivity contribution in [2.45, 2.75) is 25.8 Å². The summed E-state index contributed by atoms with van der Waals surface area (Å²) in [5, 5.41) is 11.5. The number of benzene rings is 1. The van der Waals surface area contributed by atoms with E-state index >= 15 is 0 Å². The van der Waals surface area contributed by atoms with Gasteiger partial charge in [-0.15, -0.1) is 0 Å². The van der Waals surface area contributed by atoms with Crippen LogP contribution in [0.1, 0.15) is 25.3 Å². The highest BCUT2D eigenvalue weighted by molar-refractivity contribution is 6.08. The number of imide groups is 1. The number of hydrogen-bond acceptors (Lipinski definition) is 6. The minimum atomic E-state index is -1.11. The van der Waals surface area contributed by atoms with Crippen LogP contribution in [0.15, 0.2) is 36.4 Å². The average molecular weight is 381 g/mol. The molecule has 1 saturated heterocycles. The van der Waals surface area contributed by atoms with E-state index in [1.165, 1.54) is 6.92 Å².